The van der Waals surface area contributed by atoms with Crippen molar-refractivity contribution in [3.05, 3.63) is 53.6 Å². The summed E-state index contributed by atoms with van der Waals surface area (Å²) in [5, 5.41) is 0. The first-order valence-corrected chi connectivity index (χ1v) is 8.89. The van der Waals surface area contributed by atoms with E-state index in [0.29, 0.717) is 40.7 Å². The maximum Gasteiger partial charge on any atom is 0.203 e. The standard InChI is InChI=1S/C22H27NO5/c1-23(2)13-14-28-18-8-6-7-17(15-18)19(24)11-9-16-10-12-20(25-3)22(27-5)21(16)26-4/h6-12,15H,13-14H2,1-5H3. The van der Waals surface area contributed by atoms with Crippen molar-refractivity contribution in [1.29, 1.82) is 0 Å². The molecule has 2 aromatic carbocycles. The van der Waals surface area contributed by atoms with Crippen molar-refractivity contribution in [3.8, 4) is 23.0 Å². The minimum Gasteiger partial charge on any atom is -0.493 e. The fraction of sp³-hybridized carbons (Fsp3) is 0.318. The zero-order valence-electron chi connectivity index (χ0n) is 17.0. The molecule has 150 valence electrons. The summed E-state index contributed by atoms with van der Waals surface area (Å²) in [4.78, 5) is 14.6. The summed E-state index contributed by atoms with van der Waals surface area (Å²) in [6, 6.07) is 10.7. The van der Waals surface area contributed by atoms with E-state index in [1.54, 1.807) is 45.6 Å². The fourth-order valence-corrected chi connectivity index (χ4v) is 2.60. The molecule has 6 nitrogen and oxygen atoms in total. The highest BCUT2D eigenvalue weighted by Crippen LogP contribution is 2.40. The Hall–Kier alpha value is -2.99. The van der Waals surface area contributed by atoms with Crippen LogP contribution in [0.1, 0.15) is 15.9 Å². The van der Waals surface area contributed by atoms with Gasteiger partial charge in [-0.1, -0.05) is 12.1 Å². The summed E-state index contributed by atoms with van der Waals surface area (Å²) in [6.07, 6.45) is 3.20. The number of hydrogen-bond donors (Lipinski definition) is 0. The van der Waals surface area contributed by atoms with Crippen LogP contribution in [0.4, 0.5) is 0 Å². The predicted molar refractivity (Wildman–Crippen MR) is 110 cm³/mol. The van der Waals surface area contributed by atoms with E-state index in [0.717, 1.165) is 6.54 Å². The van der Waals surface area contributed by atoms with Crippen LogP contribution < -0.4 is 18.9 Å². The van der Waals surface area contributed by atoms with E-state index in [9.17, 15) is 4.79 Å². The van der Waals surface area contributed by atoms with E-state index in [-0.39, 0.29) is 5.78 Å². The Kier molecular flexibility index (Phi) is 7.89. The van der Waals surface area contributed by atoms with Crippen molar-refractivity contribution >= 4 is 11.9 Å². The molecular formula is C22H27NO5. The second kappa shape index (κ2) is 10.4. The van der Waals surface area contributed by atoms with E-state index in [1.807, 2.05) is 37.2 Å². The highest BCUT2D eigenvalue weighted by Gasteiger charge is 2.14. The van der Waals surface area contributed by atoms with Crippen molar-refractivity contribution in [2.75, 3.05) is 48.6 Å². The maximum atomic E-state index is 12.6. The molecule has 6 heteroatoms. The normalized spacial score (nSPS) is 10.9. The van der Waals surface area contributed by atoms with Crippen molar-refractivity contribution in [1.82, 2.24) is 4.90 Å². The zero-order valence-corrected chi connectivity index (χ0v) is 17.0. The van der Waals surface area contributed by atoms with Gasteiger partial charge in [0.05, 0.1) is 21.3 Å². The Morgan fingerprint density at radius 1 is 1.00 bits per heavy atom. The topological polar surface area (TPSA) is 57.2 Å². The second-order valence-corrected chi connectivity index (χ2v) is 6.30. The Morgan fingerprint density at radius 2 is 1.75 bits per heavy atom. The number of ether oxygens (including phenoxy) is 4. The molecule has 0 saturated heterocycles. The quantitative estimate of drug-likeness (QED) is 0.461. The first-order valence-electron chi connectivity index (χ1n) is 8.89. The average Bonchev–Trinajstić information content (AvgIpc) is 2.70. The fourth-order valence-electron chi connectivity index (χ4n) is 2.60. The number of carbonyl (C=O) groups excluding carboxylic acids is 1. The number of allylic oxidation sites excluding steroid dienone is 1. The van der Waals surface area contributed by atoms with Crippen LogP contribution in [0.5, 0.6) is 23.0 Å². The lowest BCUT2D eigenvalue weighted by molar-refractivity contribution is 0.104. The van der Waals surface area contributed by atoms with Crippen LogP contribution in [0, 0.1) is 0 Å². The minimum atomic E-state index is -0.130. The second-order valence-electron chi connectivity index (χ2n) is 6.30. The third kappa shape index (κ3) is 5.50. The summed E-state index contributed by atoms with van der Waals surface area (Å²) in [5.74, 6) is 2.09. The average molecular weight is 385 g/mol. The van der Waals surface area contributed by atoms with Crippen molar-refractivity contribution < 1.29 is 23.7 Å². The molecule has 0 unspecified atom stereocenters. The molecule has 0 bridgehead atoms. The van der Waals surface area contributed by atoms with E-state index < -0.39 is 0 Å². The molecule has 2 rings (SSSR count). The Labute approximate surface area is 166 Å². The number of likely N-dealkylation sites (N-methyl/N-ethyl adjacent to an activating group) is 1. The smallest absolute Gasteiger partial charge is 0.203 e. The number of benzene rings is 2. The van der Waals surface area contributed by atoms with Crippen LogP contribution in [-0.2, 0) is 0 Å². The van der Waals surface area contributed by atoms with Crippen molar-refractivity contribution in [3.63, 3.8) is 0 Å². The van der Waals surface area contributed by atoms with Gasteiger partial charge in [0.15, 0.2) is 17.3 Å². The molecule has 2 aromatic rings. The SMILES string of the molecule is COc1ccc(C=CC(=O)c2cccc(OCCN(C)C)c2)c(OC)c1OC. The molecule has 0 fully saturated rings. The van der Waals surface area contributed by atoms with Gasteiger partial charge in [-0.3, -0.25) is 4.79 Å². The molecule has 0 aliphatic rings. The number of carbonyl (C=O) groups is 1. The number of ketones is 1. The molecule has 0 amide bonds. The lowest BCUT2D eigenvalue weighted by atomic mass is 10.1. The van der Waals surface area contributed by atoms with Gasteiger partial charge in [0.25, 0.3) is 0 Å². The molecule has 0 heterocycles. The van der Waals surface area contributed by atoms with E-state index in [1.165, 1.54) is 6.08 Å². The predicted octanol–water partition coefficient (Wildman–Crippen LogP) is 3.55. The van der Waals surface area contributed by atoms with Gasteiger partial charge in [0, 0.05) is 17.7 Å². The molecule has 28 heavy (non-hydrogen) atoms. The van der Waals surface area contributed by atoms with Crippen LogP contribution in [0.3, 0.4) is 0 Å². The largest absolute Gasteiger partial charge is 0.493 e. The molecule has 0 N–H and O–H groups in total. The number of rotatable bonds is 10. The van der Waals surface area contributed by atoms with Crippen molar-refractivity contribution in [2.24, 2.45) is 0 Å². The van der Waals surface area contributed by atoms with Gasteiger partial charge < -0.3 is 23.8 Å². The van der Waals surface area contributed by atoms with E-state index in [4.69, 9.17) is 18.9 Å². The number of hydrogen-bond acceptors (Lipinski definition) is 6. The van der Waals surface area contributed by atoms with Crippen LogP contribution >= 0.6 is 0 Å². The lowest BCUT2D eigenvalue weighted by Crippen LogP contribution is -2.19. The van der Waals surface area contributed by atoms with E-state index >= 15 is 0 Å². The van der Waals surface area contributed by atoms with Gasteiger partial charge in [-0.2, -0.15) is 0 Å². The van der Waals surface area contributed by atoms with Gasteiger partial charge in [-0.15, -0.1) is 0 Å². The highest BCUT2D eigenvalue weighted by molar-refractivity contribution is 6.07. The van der Waals surface area contributed by atoms with Gasteiger partial charge >= 0.3 is 0 Å². The lowest BCUT2D eigenvalue weighted by Gasteiger charge is -2.14. The van der Waals surface area contributed by atoms with Crippen LogP contribution in [0.2, 0.25) is 0 Å². The van der Waals surface area contributed by atoms with Gasteiger partial charge in [0.2, 0.25) is 5.75 Å². The first kappa shape index (κ1) is 21.3. The molecule has 0 atom stereocenters. The number of methoxy groups -OCH3 is 3. The maximum absolute atomic E-state index is 12.6. The Morgan fingerprint density at radius 3 is 2.39 bits per heavy atom. The van der Waals surface area contributed by atoms with Crippen LogP contribution in [-0.4, -0.2) is 59.3 Å². The number of nitrogens with zero attached hydrogens (tertiary/aromatic N) is 1. The first-order chi connectivity index (χ1) is 13.5. The third-order valence-electron chi connectivity index (χ3n) is 4.07. The van der Waals surface area contributed by atoms with Crippen LogP contribution in [0.15, 0.2) is 42.5 Å². The molecule has 0 spiro atoms. The molecule has 0 saturated carbocycles. The van der Waals surface area contributed by atoms with Gasteiger partial charge in [-0.25, -0.2) is 0 Å². The summed E-state index contributed by atoms with van der Waals surface area (Å²) in [5.41, 5.74) is 1.27. The molecule has 0 aliphatic heterocycles. The minimum absolute atomic E-state index is 0.130. The summed E-state index contributed by atoms with van der Waals surface area (Å²) in [7, 11) is 8.61. The Balaban J connectivity index is 2.18. The Bertz CT molecular complexity index is 830. The zero-order chi connectivity index (χ0) is 20.5. The highest BCUT2D eigenvalue weighted by atomic mass is 16.5. The van der Waals surface area contributed by atoms with E-state index in [2.05, 4.69) is 0 Å². The monoisotopic (exact) mass is 385 g/mol. The molecular weight excluding hydrogens is 358 g/mol. The molecule has 0 aliphatic carbocycles. The van der Waals surface area contributed by atoms with Gasteiger partial charge in [-0.05, 0) is 50.5 Å². The van der Waals surface area contributed by atoms with Crippen molar-refractivity contribution in [2.45, 2.75) is 0 Å². The van der Waals surface area contributed by atoms with Crippen LogP contribution in [0.25, 0.3) is 6.08 Å². The summed E-state index contributed by atoms with van der Waals surface area (Å²) >= 11 is 0. The third-order valence-corrected chi connectivity index (χ3v) is 4.07. The van der Waals surface area contributed by atoms with Gasteiger partial charge in [0.1, 0.15) is 12.4 Å². The molecule has 0 aromatic heterocycles. The summed E-state index contributed by atoms with van der Waals surface area (Å²) < 4.78 is 21.8. The molecule has 0 radical (unpaired) electrons. The summed E-state index contributed by atoms with van der Waals surface area (Å²) in [6.45, 7) is 1.36.